The van der Waals surface area contributed by atoms with Gasteiger partial charge in [-0.05, 0) is 63.1 Å². The van der Waals surface area contributed by atoms with Crippen molar-refractivity contribution in [3.8, 4) is 23.0 Å². The molecule has 0 aliphatic heterocycles. The largest absolute Gasteiger partial charge is 0.496 e. The van der Waals surface area contributed by atoms with E-state index >= 15 is 4.39 Å². The van der Waals surface area contributed by atoms with Gasteiger partial charge in [-0.3, -0.25) is 19.4 Å². The highest BCUT2D eigenvalue weighted by molar-refractivity contribution is 6.17. The lowest BCUT2D eigenvalue weighted by Crippen LogP contribution is -2.35. The number of nitrogens with zero attached hydrogens (tertiary/aromatic N) is 1. The Hall–Kier alpha value is -5.26. The first-order valence-electron chi connectivity index (χ1n) is 13.8. The van der Waals surface area contributed by atoms with Crippen LogP contribution >= 0.6 is 0 Å². The molecule has 3 N–H and O–H groups in total. The molecule has 1 aliphatic carbocycles. The van der Waals surface area contributed by atoms with E-state index in [1.54, 1.807) is 26.0 Å². The quantitative estimate of drug-likeness (QED) is 0.195. The molecule has 1 heterocycles. The number of halogens is 2. The van der Waals surface area contributed by atoms with Gasteiger partial charge in [-0.15, -0.1) is 0 Å². The minimum absolute atomic E-state index is 0.121. The van der Waals surface area contributed by atoms with E-state index in [1.807, 2.05) is 0 Å². The average Bonchev–Trinajstić information content (AvgIpc) is 3.81. The van der Waals surface area contributed by atoms with E-state index in [0.717, 1.165) is 12.1 Å². The highest BCUT2D eigenvalue weighted by Crippen LogP contribution is 2.48. The van der Waals surface area contributed by atoms with E-state index in [9.17, 15) is 18.8 Å². The lowest BCUT2D eigenvalue weighted by Gasteiger charge is -2.19. The van der Waals surface area contributed by atoms with Crippen LogP contribution in [0.4, 0.5) is 20.2 Å². The predicted molar refractivity (Wildman–Crippen MR) is 159 cm³/mol. The molecule has 1 fully saturated rings. The lowest BCUT2D eigenvalue weighted by atomic mass is 10.0. The molecule has 0 atom stereocenters. The van der Waals surface area contributed by atoms with Crippen molar-refractivity contribution in [2.75, 3.05) is 24.8 Å². The number of rotatable bonds is 10. The van der Waals surface area contributed by atoms with Crippen molar-refractivity contribution in [1.82, 2.24) is 10.3 Å². The fourth-order valence-electron chi connectivity index (χ4n) is 4.62. The van der Waals surface area contributed by atoms with Gasteiger partial charge in [0.2, 0.25) is 11.8 Å². The summed E-state index contributed by atoms with van der Waals surface area (Å²) in [6, 6.07) is 12.2. The standard InChI is InChI=1S/C32H30F2N4O6/c1-17(2)43-28-13-18(33)5-7-23(28)38-31(41)32(10-11-32)30(40)37-19-6-8-26(22(34)14-19)44-25-9-12-36-24-16-27(42-4)21(15-20(24)25)29(39)35-3/h5-9,12-17H,10-11H2,1-4H3,(H,35,39)(H,37,40)(H,38,41). The molecule has 4 aromatic rings. The first-order valence-corrected chi connectivity index (χ1v) is 13.8. The summed E-state index contributed by atoms with van der Waals surface area (Å²) in [5.41, 5.74) is -0.292. The van der Waals surface area contributed by atoms with Gasteiger partial charge in [0.15, 0.2) is 11.6 Å². The summed E-state index contributed by atoms with van der Waals surface area (Å²) in [6.07, 6.45) is 1.78. The molecule has 44 heavy (non-hydrogen) atoms. The number of methoxy groups -OCH3 is 1. The van der Waals surface area contributed by atoms with E-state index in [2.05, 4.69) is 20.9 Å². The van der Waals surface area contributed by atoms with Crippen LogP contribution in [0.15, 0.2) is 60.8 Å². The molecule has 12 heteroatoms. The summed E-state index contributed by atoms with van der Waals surface area (Å²) in [5, 5.41) is 8.29. The molecule has 0 bridgehead atoms. The van der Waals surface area contributed by atoms with Crippen molar-refractivity contribution in [3.63, 3.8) is 0 Å². The van der Waals surface area contributed by atoms with Crippen LogP contribution < -0.4 is 30.2 Å². The number of carbonyl (C=O) groups is 3. The Morgan fingerprint density at radius 2 is 1.64 bits per heavy atom. The normalized spacial score (nSPS) is 13.2. The Morgan fingerprint density at radius 1 is 0.886 bits per heavy atom. The topological polar surface area (TPSA) is 128 Å². The molecule has 228 valence electrons. The number of benzene rings is 3. The van der Waals surface area contributed by atoms with E-state index < -0.39 is 28.9 Å². The fourth-order valence-corrected chi connectivity index (χ4v) is 4.62. The van der Waals surface area contributed by atoms with Crippen molar-refractivity contribution in [3.05, 3.63) is 78.0 Å². The molecule has 0 radical (unpaired) electrons. The number of hydrogen-bond donors (Lipinski definition) is 3. The summed E-state index contributed by atoms with van der Waals surface area (Å²) < 4.78 is 45.7. The van der Waals surface area contributed by atoms with Crippen molar-refractivity contribution < 1.29 is 37.4 Å². The van der Waals surface area contributed by atoms with E-state index in [4.69, 9.17) is 14.2 Å². The van der Waals surface area contributed by atoms with Gasteiger partial charge in [0.1, 0.15) is 28.5 Å². The highest BCUT2D eigenvalue weighted by atomic mass is 19.1. The van der Waals surface area contributed by atoms with Gasteiger partial charge >= 0.3 is 0 Å². The highest BCUT2D eigenvalue weighted by Gasteiger charge is 2.56. The molecule has 5 rings (SSSR count). The number of nitrogens with one attached hydrogen (secondary N) is 3. The number of fused-ring (bicyclic) bond motifs is 1. The molecule has 0 saturated heterocycles. The van der Waals surface area contributed by atoms with Crippen LogP contribution in [0.25, 0.3) is 10.9 Å². The third-order valence-corrected chi connectivity index (χ3v) is 7.08. The zero-order chi connectivity index (χ0) is 31.6. The van der Waals surface area contributed by atoms with Crippen molar-refractivity contribution in [2.24, 2.45) is 5.41 Å². The number of pyridine rings is 1. The Labute approximate surface area is 251 Å². The number of ether oxygens (including phenoxy) is 3. The molecular weight excluding hydrogens is 574 g/mol. The Balaban J connectivity index is 1.32. The van der Waals surface area contributed by atoms with E-state index in [0.29, 0.717) is 16.7 Å². The van der Waals surface area contributed by atoms with Crippen LogP contribution in [0.1, 0.15) is 37.0 Å². The first kappa shape index (κ1) is 30.2. The third kappa shape index (κ3) is 6.10. The third-order valence-electron chi connectivity index (χ3n) is 7.08. The monoisotopic (exact) mass is 604 g/mol. The smallest absolute Gasteiger partial charge is 0.254 e. The molecule has 1 aliphatic rings. The van der Waals surface area contributed by atoms with Crippen molar-refractivity contribution in [2.45, 2.75) is 32.8 Å². The average molecular weight is 605 g/mol. The van der Waals surface area contributed by atoms with Crippen LogP contribution in [0.2, 0.25) is 0 Å². The Morgan fingerprint density at radius 3 is 2.30 bits per heavy atom. The second-order valence-electron chi connectivity index (χ2n) is 10.5. The SMILES string of the molecule is CNC(=O)c1cc2c(Oc3ccc(NC(=O)C4(C(=O)Nc5ccc(F)cc5OC(C)C)CC4)cc3F)ccnc2cc1OC. The predicted octanol–water partition coefficient (Wildman–Crippen LogP) is 5.82. The number of aromatic nitrogens is 1. The molecule has 10 nitrogen and oxygen atoms in total. The van der Waals surface area contributed by atoms with Crippen LogP contribution in [0.5, 0.6) is 23.0 Å². The first-order chi connectivity index (χ1) is 21.0. The van der Waals surface area contributed by atoms with E-state index in [-0.39, 0.29) is 59.0 Å². The lowest BCUT2D eigenvalue weighted by molar-refractivity contribution is -0.131. The van der Waals surface area contributed by atoms with Gasteiger partial charge in [0.05, 0.1) is 30.0 Å². The van der Waals surface area contributed by atoms with Gasteiger partial charge in [0, 0.05) is 42.5 Å². The Kier molecular flexibility index (Phi) is 8.34. The summed E-state index contributed by atoms with van der Waals surface area (Å²) in [5.74, 6) is -2.30. The molecule has 0 unspecified atom stereocenters. The van der Waals surface area contributed by atoms with Crippen LogP contribution in [-0.4, -0.2) is 43.0 Å². The van der Waals surface area contributed by atoms with Crippen LogP contribution in [0.3, 0.4) is 0 Å². The van der Waals surface area contributed by atoms with Crippen LogP contribution in [-0.2, 0) is 9.59 Å². The molecule has 3 amide bonds. The molecule has 3 aromatic carbocycles. The van der Waals surface area contributed by atoms with Gasteiger partial charge in [-0.2, -0.15) is 0 Å². The fraction of sp³-hybridized carbons (Fsp3) is 0.250. The van der Waals surface area contributed by atoms with Crippen molar-refractivity contribution in [1.29, 1.82) is 0 Å². The van der Waals surface area contributed by atoms with Crippen LogP contribution in [0, 0.1) is 17.0 Å². The zero-order valence-corrected chi connectivity index (χ0v) is 24.4. The molecule has 1 aromatic heterocycles. The van der Waals surface area contributed by atoms with Gasteiger partial charge in [-0.25, -0.2) is 8.78 Å². The maximum atomic E-state index is 15.2. The maximum absolute atomic E-state index is 15.2. The second kappa shape index (κ2) is 12.2. The maximum Gasteiger partial charge on any atom is 0.254 e. The molecular formula is C32H30F2N4O6. The number of amides is 3. The molecule has 0 spiro atoms. The summed E-state index contributed by atoms with van der Waals surface area (Å²) in [7, 11) is 2.93. The number of carbonyl (C=O) groups excluding carboxylic acids is 3. The van der Waals surface area contributed by atoms with Gasteiger partial charge < -0.3 is 30.2 Å². The minimum atomic E-state index is -1.37. The zero-order valence-electron chi connectivity index (χ0n) is 24.4. The summed E-state index contributed by atoms with van der Waals surface area (Å²) in [4.78, 5) is 43.0. The number of hydrogen-bond acceptors (Lipinski definition) is 7. The van der Waals surface area contributed by atoms with E-state index in [1.165, 1.54) is 50.7 Å². The van der Waals surface area contributed by atoms with Crippen molar-refractivity contribution >= 4 is 40.0 Å². The Bertz CT molecular complexity index is 1770. The van der Waals surface area contributed by atoms with Gasteiger partial charge in [-0.1, -0.05) is 0 Å². The minimum Gasteiger partial charge on any atom is -0.496 e. The molecule has 1 saturated carbocycles. The number of anilines is 2. The summed E-state index contributed by atoms with van der Waals surface area (Å²) in [6.45, 7) is 3.53. The second-order valence-corrected chi connectivity index (χ2v) is 10.5. The summed E-state index contributed by atoms with van der Waals surface area (Å²) >= 11 is 0. The van der Waals surface area contributed by atoms with Gasteiger partial charge in [0.25, 0.3) is 5.91 Å².